The van der Waals surface area contributed by atoms with Gasteiger partial charge in [-0.15, -0.1) is 0 Å². The molecule has 0 saturated heterocycles. The highest BCUT2D eigenvalue weighted by Gasteiger charge is 2.16. The molecule has 0 aromatic carbocycles. The first-order valence-corrected chi connectivity index (χ1v) is 6.73. The first-order valence-electron chi connectivity index (χ1n) is 6.73. The van der Waals surface area contributed by atoms with Crippen LogP contribution in [0.15, 0.2) is 16.8 Å². The summed E-state index contributed by atoms with van der Waals surface area (Å²) in [5, 5.41) is 3.98. The Labute approximate surface area is 124 Å². The smallest absolute Gasteiger partial charge is 0.183 e. The highest BCUT2D eigenvalue weighted by Crippen LogP contribution is 2.30. The molecule has 6 heteroatoms. The van der Waals surface area contributed by atoms with Crippen LogP contribution in [-0.2, 0) is 13.1 Å². The fraction of sp³-hybridized carbons (Fsp3) is 0.467. The number of rotatable bonds is 6. The summed E-state index contributed by atoms with van der Waals surface area (Å²) in [7, 11) is 5.26. The standard InChI is InChI=1S/C15H21N3O3/c1-10-12(11(2)21-17-10)8-18(3)9-13-15(20-5)14(19-4)6-7-16-13/h6-7H,8-9H2,1-5H3. The minimum Gasteiger partial charge on any atom is -0.493 e. The minimum atomic E-state index is 0.643. The van der Waals surface area contributed by atoms with Crippen LogP contribution in [-0.4, -0.2) is 36.3 Å². The van der Waals surface area contributed by atoms with E-state index in [1.165, 1.54) is 0 Å². The summed E-state index contributed by atoms with van der Waals surface area (Å²) in [4.78, 5) is 6.52. The van der Waals surface area contributed by atoms with E-state index in [9.17, 15) is 0 Å². The molecule has 2 rings (SSSR count). The van der Waals surface area contributed by atoms with Gasteiger partial charge in [-0.1, -0.05) is 5.16 Å². The monoisotopic (exact) mass is 291 g/mol. The van der Waals surface area contributed by atoms with Gasteiger partial charge in [-0.3, -0.25) is 9.88 Å². The van der Waals surface area contributed by atoms with Gasteiger partial charge in [0, 0.05) is 30.9 Å². The molecule has 21 heavy (non-hydrogen) atoms. The van der Waals surface area contributed by atoms with E-state index >= 15 is 0 Å². The van der Waals surface area contributed by atoms with Crippen LogP contribution < -0.4 is 9.47 Å². The van der Waals surface area contributed by atoms with E-state index in [1.807, 2.05) is 20.9 Å². The molecule has 6 nitrogen and oxygen atoms in total. The number of pyridine rings is 1. The van der Waals surface area contributed by atoms with Gasteiger partial charge in [0.2, 0.25) is 0 Å². The maximum atomic E-state index is 5.41. The highest BCUT2D eigenvalue weighted by molar-refractivity contribution is 5.42. The Morgan fingerprint density at radius 1 is 1.19 bits per heavy atom. The van der Waals surface area contributed by atoms with Crippen molar-refractivity contribution in [2.24, 2.45) is 0 Å². The van der Waals surface area contributed by atoms with Gasteiger partial charge >= 0.3 is 0 Å². The van der Waals surface area contributed by atoms with Gasteiger partial charge in [0.15, 0.2) is 11.5 Å². The molecule has 0 atom stereocenters. The molecule has 2 aromatic heterocycles. The number of nitrogens with zero attached hydrogens (tertiary/aromatic N) is 3. The van der Waals surface area contributed by atoms with E-state index in [2.05, 4.69) is 15.0 Å². The van der Waals surface area contributed by atoms with Crippen molar-refractivity contribution < 1.29 is 14.0 Å². The van der Waals surface area contributed by atoms with Crippen molar-refractivity contribution in [3.05, 3.63) is 35.0 Å². The lowest BCUT2D eigenvalue weighted by molar-refractivity contribution is 0.295. The van der Waals surface area contributed by atoms with Crippen LogP contribution in [0.2, 0.25) is 0 Å². The third kappa shape index (κ3) is 3.33. The van der Waals surface area contributed by atoms with E-state index < -0.39 is 0 Å². The van der Waals surface area contributed by atoms with Crippen molar-refractivity contribution in [2.45, 2.75) is 26.9 Å². The zero-order valence-electron chi connectivity index (χ0n) is 13.1. The van der Waals surface area contributed by atoms with Crippen molar-refractivity contribution in [1.29, 1.82) is 0 Å². The Morgan fingerprint density at radius 2 is 1.95 bits per heavy atom. The van der Waals surface area contributed by atoms with Crippen molar-refractivity contribution in [3.63, 3.8) is 0 Å². The summed E-state index contributed by atoms with van der Waals surface area (Å²) in [6.07, 6.45) is 1.72. The molecule has 2 heterocycles. The zero-order chi connectivity index (χ0) is 15.4. The van der Waals surface area contributed by atoms with Gasteiger partial charge in [0.25, 0.3) is 0 Å². The maximum Gasteiger partial charge on any atom is 0.183 e. The number of aryl methyl sites for hydroxylation is 2. The molecule has 0 aliphatic heterocycles. The number of hydrogen-bond donors (Lipinski definition) is 0. The van der Waals surface area contributed by atoms with Crippen LogP contribution in [0.4, 0.5) is 0 Å². The molecule has 0 amide bonds. The highest BCUT2D eigenvalue weighted by atomic mass is 16.5. The molecule has 0 spiro atoms. The molecule has 0 radical (unpaired) electrons. The predicted molar refractivity (Wildman–Crippen MR) is 78.5 cm³/mol. The average molecular weight is 291 g/mol. The average Bonchev–Trinajstić information content (AvgIpc) is 2.78. The zero-order valence-corrected chi connectivity index (χ0v) is 13.1. The van der Waals surface area contributed by atoms with E-state index in [4.69, 9.17) is 14.0 Å². The van der Waals surface area contributed by atoms with Gasteiger partial charge in [0.1, 0.15) is 11.5 Å². The van der Waals surface area contributed by atoms with E-state index in [1.54, 1.807) is 26.5 Å². The van der Waals surface area contributed by atoms with Crippen LogP contribution in [0, 0.1) is 13.8 Å². The van der Waals surface area contributed by atoms with Crippen LogP contribution in [0.25, 0.3) is 0 Å². The summed E-state index contributed by atoms with van der Waals surface area (Å²) in [6.45, 7) is 5.26. The molecule has 0 fully saturated rings. The van der Waals surface area contributed by atoms with E-state index in [0.29, 0.717) is 18.0 Å². The number of methoxy groups -OCH3 is 2. The van der Waals surface area contributed by atoms with E-state index in [-0.39, 0.29) is 0 Å². The SMILES string of the molecule is COc1ccnc(CN(C)Cc2c(C)noc2C)c1OC. The quantitative estimate of drug-likeness (QED) is 0.814. The predicted octanol–water partition coefficient (Wildman–Crippen LogP) is 2.34. The molecular formula is C15H21N3O3. The number of hydrogen-bond acceptors (Lipinski definition) is 6. The van der Waals surface area contributed by atoms with Crippen molar-refractivity contribution in [1.82, 2.24) is 15.0 Å². The van der Waals surface area contributed by atoms with Crippen LogP contribution in [0.5, 0.6) is 11.5 Å². The van der Waals surface area contributed by atoms with Gasteiger partial charge in [-0.2, -0.15) is 0 Å². The molecule has 0 aliphatic rings. The minimum absolute atomic E-state index is 0.643. The van der Waals surface area contributed by atoms with Gasteiger partial charge < -0.3 is 14.0 Å². The fourth-order valence-electron chi connectivity index (χ4n) is 2.27. The topological polar surface area (TPSA) is 60.6 Å². The lowest BCUT2D eigenvalue weighted by Crippen LogP contribution is -2.19. The Kier molecular flexibility index (Phi) is 4.80. The second-order valence-electron chi connectivity index (χ2n) is 4.97. The summed E-state index contributed by atoms with van der Waals surface area (Å²) in [5.41, 5.74) is 2.87. The van der Waals surface area contributed by atoms with Crippen molar-refractivity contribution in [3.8, 4) is 11.5 Å². The summed E-state index contributed by atoms with van der Waals surface area (Å²) < 4.78 is 15.9. The second kappa shape index (κ2) is 6.58. The van der Waals surface area contributed by atoms with Crippen LogP contribution >= 0.6 is 0 Å². The first kappa shape index (κ1) is 15.3. The maximum absolute atomic E-state index is 5.41. The summed E-state index contributed by atoms with van der Waals surface area (Å²) >= 11 is 0. The fourth-order valence-corrected chi connectivity index (χ4v) is 2.27. The third-order valence-electron chi connectivity index (χ3n) is 3.40. The lowest BCUT2D eigenvalue weighted by atomic mass is 10.2. The number of aromatic nitrogens is 2. The van der Waals surface area contributed by atoms with Gasteiger partial charge in [-0.25, -0.2) is 0 Å². The second-order valence-corrected chi connectivity index (χ2v) is 4.97. The van der Waals surface area contributed by atoms with Gasteiger partial charge in [0.05, 0.1) is 19.9 Å². The van der Waals surface area contributed by atoms with Gasteiger partial charge in [-0.05, 0) is 20.9 Å². The molecule has 0 aliphatic carbocycles. The third-order valence-corrected chi connectivity index (χ3v) is 3.40. The Morgan fingerprint density at radius 3 is 2.52 bits per heavy atom. The normalized spacial score (nSPS) is 11.0. The molecular weight excluding hydrogens is 270 g/mol. The largest absolute Gasteiger partial charge is 0.493 e. The van der Waals surface area contributed by atoms with E-state index in [0.717, 1.165) is 29.3 Å². The molecule has 0 bridgehead atoms. The summed E-state index contributed by atoms with van der Waals surface area (Å²) in [5.74, 6) is 2.21. The van der Waals surface area contributed by atoms with Crippen LogP contribution in [0.1, 0.15) is 22.7 Å². The molecule has 0 unspecified atom stereocenters. The molecule has 2 aromatic rings. The summed E-state index contributed by atoms with van der Waals surface area (Å²) in [6, 6.07) is 1.79. The molecule has 0 N–H and O–H groups in total. The lowest BCUT2D eigenvalue weighted by Gasteiger charge is -2.18. The Bertz CT molecular complexity index is 591. The Hall–Kier alpha value is -2.08. The van der Waals surface area contributed by atoms with Crippen molar-refractivity contribution >= 4 is 0 Å². The number of ether oxygens (including phenoxy) is 2. The Balaban J connectivity index is 2.15. The van der Waals surface area contributed by atoms with Crippen LogP contribution in [0.3, 0.4) is 0 Å². The first-order chi connectivity index (χ1) is 10.1. The molecule has 114 valence electrons. The molecule has 0 saturated carbocycles. The van der Waals surface area contributed by atoms with Crippen molar-refractivity contribution in [2.75, 3.05) is 21.3 Å².